The zero-order valence-electron chi connectivity index (χ0n) is 5.74. The molecule has 0 amide bonds. The van der Waals surface area contributed by atoms with E-state index >= 15 is 0 Å². The van der Waals surface area contributed by atoms with E-state index in [0.717, 1.165) is 0 Å². The summed E-state index contributed by atoms with van der Waals surface area (Å²) >= 11 is 0. The van der Waals surface area contributed by atoms with E-state index in [2.05, 4.69) is 4.74 Å². The number of carbonyl (C=O) groups excluding carboxylic acids is 1. The van der Waals surface area contributed by atoms with Crippen LogP contribution >= 0.6 is 12.4 Å². The van der Waals surface area contributed by atoms with Gasteiger partial charge in [-0.3, -0.25) is 4.79 Å². The van der Waals surface area contributed by atoms with Crippen molar-refractivity contribution in [1.29, 1.82) is 0 Å². The third-order valence-corrected chi connectivity index (χ3v) is 0.786. The van der Waals surface area contributed by atoms with Crippen molar-refractivity contribution in [3.8, 4) is 0 Å². The lowest BCUT2D eigenvalue weighted by Gasteiger charge is -2.05. The molecule has 1 atom stereocenters. The van der Waals surface area contributed by atoms with Crippen LogP contribution in [-0.4, -0.2) is 30.3 Å². The van der Waals surface area contributed by atoms with Gasteiger partial charge in [0.05, 0.1) is 13.2 Å². The number of aliphatic hydroxyl groups is 1. The van der Waals surface area contributed by atoms with Gasteiger partial charge in [0.2, 0.25) is 0 Å². The van der Waals surface area contributed by atoms with Gasteiger partial charge in [-0.25, -0.2) is 0 Å². The van der Waals surface area contributed by atoms with Gasteiger partial charge in [0.1, 0.15) is 6.04 Å². The van der Waals surface area contributed by atoms with E-state index in [4.69, 9.17) is 10.8 Å². The normalized spacial score (nSPS) is 11.5. The van der Waals surface area contributed by atoms with E-state index in [9.17, 15) is 4.79 Å². The summed E-state index contributed by atoms with van der Waals surface area (Å²) in [7, 11) is 0. The third kappa shape index (κ3) is 4.55. The monoisotopic (exact) mass is 169 g/mol. The van der Waals surface area contributed by atoms with Crippen LogP contribution in [0.4, 0.5) is 0 Å². The summed E-state index contributed by atoms with van der Waals surface area (Å²) in [5.74, 6) is -0.556. The molecule has 0 aromatic heterocycles. The van der Waals surface area contributed by atoms with Gasteiger partial charge in [-0.1, -0.05) is 0 Å². The van der Waals surface area contributed by atoms with Crippen molar-refractivity contribution in [2.24, 2.45) is 5.73 Å². The minimum atomic E-state index is -0.884. The van der Waals surface area contributed by atoms with Crippen molar-refractivity contribution < 1.29 is 14.6 Å². The topological polar surface area (TPSA) is 72.5 Å². The third-order valence-electron chi connectivity index (χ3n) is 0.786. The van der Waals surface area contributed by atoms with Crippen molar-refractivity contribution >= 4 is 18.4 Å². The molecule has 0 radical (unpaired) electrons. The Morgan fingerprint density at radius 3 is 2.60 bits per heavy atom. The van der Waals surface area contributed by atoms with Crippen molar-refractivity contribution in [2.75, 3.05) is 13.2 Å². The van der Waals surface area contributed by atoms with E-state index < -0.39 is 12.0 Å². The van der Waals surface area contributed by atoms with Crippen molar-refractivity contribution in [3.63, 3.8) is 0 Å². The zero-order valence-corrected chi connectivity index (χ0v) is 6.56. The van der Waals surface area contributed by atoms with Gasteiger partial charge in [0.15, 0.2) is 0 Å². The molecule has 62 valence electrons. The van der Waals surface area contributed by atoms with Crippen molar-refractivity contribution in [1.82, 2.24) is 0 Å². The van der Waals surface area contributed by atoms with E-state index in [1.165, 1.54) is 0 Å². The van der Waals surface area contributed by atoms with Crippen LogP contribution in [-0.2, 0) is 9.53 Å². The van der Waals surface area contributed by atoms with E-state index in [-0.39, 0.29) is 19.0 Å². The van der Waals surface area contributed by atoms with Crippen LogP contribution in [0.5, 0.6) is 0 Å². The molecule has 0 bridgehead atoms. The highest BCUT2D eigenvalue weighted by atomic mass is 35.5. The predicted molar refractivity (Wildman–Crippen MR) is 38.9 cm³/mol. The van der Waals surface area contributed by atoms with Gasteiger partial charge < -0.3 is 15.6 Å². The Balaban J connectivity index is 0. The maximum absolute atomic E-state index is 10.5. The molecule has 0 aromatic carbocycles. The number of rotatable bonds is 3. The lowest BCUT2D eigenvalue weighted by molar-refractivity contribution is -0.145. The first-order valence-electron chi connectivity index (χ1n) is 2.75. The Morgan fingerprint density at radius 1 is 1.80 bits per heavy atom. The fourth-order valence-corrected chi connectivity index (χ4v) is 0.324. The molecule has 0 fully saturated rings. The van der Waals surface area contributed by atoms with Gasteiger partial charge in [-0.15, -0.1) is 12.4 Å². The molecule has 0 unspecified atom stereocenters. The van der Waals surface area contributed by atoms with Gasteiger partial charge >= 0.3 is 5.97 Å². The fraction of sp³-hybridized carbons (Fsp3) is 0.800. The predicted octanol–water partition coefficient (Wildman–Crippen LogP) is -0.709. The summed E-state index contributed by atoms with van der Waals surface area (Å²) < 4.78 is 4.47. The van der Waals surface area contributed by atoms with E-state index in [1.54, 1.807) is 6.92 Å². The molecule has 0 rings (SSSR count). The molecule has 3 N–H and O–H groups in total. The van der Waals surface area contributed by atoms with E-state index in [1.807, 2.05) is 0 Å². The zero-order chi connectivity index (χ0) is 7.28. The second kappa shape index (κ2) is 6.80. The molecule has 0 spiro atoms. The number of esters is 1. The summed E-state index contributed by atoms with van der Waals surface area (Å²) in [5, 5.41) is 8.31. The molecule has 0 aliphatic carbocycles. The number of hydrogen-bond acceptors (Lipinski definition) is 4. The average Bonchev–Trinajstić information content (AvgIpc) is 1.87. The van der Waals surface area contributed by atoms with E-state index in [0.29, 0.717) is 6.61 Å². The lowest BCUT2D eigenvalue weighted by Crippen LogP contribution is -2.35. The summed E-state index contributed by atoms with van der Waals surface area (Å²) in [6.07, 6.45) is 0. The number of carbonyl (C=O) groups is 1. The molecule has 5 heteroatoms. The number of hydrogen-bond donors (Lipinski definition) is 2. The Hall–Kier alpha value is -0.320. The molecule has 0 aliphatic heterocycles. The highest BCUT2D eigenvalue weighted by molar-refractivity contribution is 5.85. The highest BCUT2D eigenvalue weighted by Crippen LogP contribution is 1.82. The van der Waals surface area contributed by atoms with Crippen LogP contribution in [0.15, 0.2) is 0 Å². The molecule has 0 aromatic rings. The van der Waals surface area contributed by atoms with Crippen LogP contribution in [0.2, 0.25) is 0 Å². The largest absolute Gasteiger partial charge is 0.465 e. The molecule has 0 heterocycles. The first-order chi connectivity index (χ1) is 4.22. The van der Waals surface area contributed by atoms with Gasteiger partial charge in [0.25, 0.3) is 0 Å². The molecular formula is C5H12ClNO3. The highest BCUT2D eigenvalue weighted by Gasteiger charge is 2.11. The smallest absolute Gasteiger partial charge is 0.325 e. The van der Waals surface area contributed by atoms with Gasteiger partial charge in [-0.05, 0) is 6.92 Å². The maximum Gasteiger partial charge on any atom is 0.325 e. The van der Waals surface area contributed by atoms with Crippen LogP contribution in [0.25, 0.3) is 0 Å². The summed E-state index contributed by atoms with van der Waals surface area (Å²) in [6.45, 7) is 1.62. The van der Waals surface area contributed by atoms with Gasteiger partial charge in [0, 0.05) is 0 Å². The Morgan fingerprint density at radius 2 is 2.30 bits per heavy atom. The van der Waals surface area contributed by atoms with Crippen LogP contribution < -0.4 is 5.73 Å². The SMILES string of the molecule is CCOC(=O)[C@@H](N)CO.Cl. The van der Waals surface area contributed by atoms with Crippen LogP contribution in [0.3, 0.4) is 0 Å². The minimum absolute atomic E-state index is 0. The first-order valence-corrected chi connectivity index (χ1v) is 2.75. The van der Waals surface area contributed by atoms with Crippen molar-refractivity contribution in [3.05, 3.63) is 0 Å². The Labute approximate surface area is 65.8 Å². The second-order valence-corrected chi connectivity index (χ2v) is 1.54. The summed E-state index contributed by atoms with van der Waals surface area (Å²) in [6, 6.07) is -0.884. The molecule has 10 heavy (non-hydrogen) atoms. The molecule has 4 nitrogen and oxygen atoms in total. The Bertz CT molecular complexity index is 98.9. The first kappa shape index (κ1) is 12.4. The van der Waals surface area contributed by atoms with Gasteiger partial charge in [-0.2, -0.15) is 0 Å². The lowest BCUT2D eigenvalue weighted by atomic mass is 10.3. The molecular weight excluding hydrogens is 158 g/mol. The Kier molecular flexibility index (Phi) is 8.40. The minimum Gasteiger partial charge on any atom is -0.465 e. The quantitative estimate of drug-likeness (QED) is 0.548. The number of ether oxygens (including phenoxy) is 1. The fourth-order valence-electron chi connectivity index (χ4n) is 0.324. The molecule has 0 aliphatic rings. The van der Waals surface area contributed by atoms with Crippen LogP contribution in [0, 0.1) is 0 Å². The summed E-state index contributed by atoms with van der Waals surface area (Å²) in [4.78, 5) is 10.5. The van der Waals surface area contributed by atoms with Crippen LogP contribution in [0.1, 0.15) is 6.92 Å². The summed E-state index contributed by atoms with van der Waals surface area (Å²) in [5.41, 5.74) is 5.08. The number of nitrogens with two attached hydrogens (primary N) is 1. The number of halogens is 1. The molecule has 0 saturated carbocycles. The second-order valence-electron chi connectivity index (χ2n) is 1.54. The van der Waals surface area contributed by atoms with Crippen molar-refractivity contribution in [2.45, 2.75) is 13.0 Å². The molecule has 0 saturated heterocycles. The maximum atomic E-state index is 10.5. The average molecular weight is 170 g/mol. The number of aliphatic hydroxyl groups excluding tert-OH is 1. The standard InChI is InChI=1S/C5H11NO3.ClH/c1-2-9-5(8)4(6)3-7;/h4,7H,2-3,6H2,1H3;1H/t4-;/m0./s1.